The molecule has 17 heavy (non-hydrogen) atoms. The standard InChI is InChI=1S/C13H18ClNOS/c1-9(8-14)15(2)13(16)11-4-3-5-12-10(11)6-7-17-12/h6-7,9,11H,3-5,8H2,1-2H3. The van der Waals surface area contributed by atoms with Crippen LogP contribution in [0.5, 0.6) is 0 Å². The van der Waals surface area contributed by atoms with Crippen molar-refractivity contribution in [1.82, 2.24) is 4.90 Å². The van der Waals surface area contributed by atoms with Crippen LogP contribution >= 0.6 is 22.9 Å². The molecule has 0 radical (unpaired) electrons. The number of likely N-dealkylation sites (N-methyl/N-ethyl adjacent to an activating group) is 1. The van der Waals surface area contributed by atoms with Crippen molar-refractivity contribution in [3.63, 3.8) is 0 Å². The van der Waals surface area contributed by atoms with Gasteiger partial charge in [0.2, 0.25) is 5.91 Å². The molecular formula is C13H18ClNOS. The van der Waals surface area contributed by atoms with E-state index in [0.29, 0.717) is 5.88 Å². The highest BCUT2D eigenvalue weighted by molar-refractivity contribution is 7.10. The number of alkyl halides is 1. The van der Waals surface area contributed by atoms with Crippen molar-refractivity contribution >= 4 is 28.8 Å². The van der Waals surface area contributed by atoms with Crippen molar-refractivity contribution in [2.75, 3.05) is 12.9 Å². The van der Waals surface area contributed by atoms with Crippen molar-refractivity contribution in [1.29, 1.82) is 0 Å². The van der Waals surface area contributed by atoms with Crippen molar-refractivity contribution in [3.8, 4) is 0 Å². The summed E-state index contributed by atoms with van der Waals surface area (Å²) in [5.74, 6) is 0.768. The van der Waals surface area contributed by atoms with Gasteiger partial charge in [0.25, 0.3) is 0 Å². The number of amides is 1. The quantitative estimate of drug-likeness (QED) is 0.773. The molecule has 0 aromatic carbocycles. The van der Waals surface area contributed by atoms with Crippen LogP contribution in [0.2, 0.25) is 0 Å². The van der Waals surface area contributed by atoms with Crippen LogP contribution < -0.4 is 0 Å². The zero-order chi connectivity index (χ0) is 12.4. The minimum Gasteiger partial charge on any atom is -0.341 e. The molecule has 4 heteroatoms. The van der Waals surface area contributed by atoms with E-state index in [1.54, 1.807) is 16.2 Å². The molecule has 0 N–H and O–H groups in total. The van der Waals surface area contributed by atoms with Gasteiger partial charge in [-0.2, -0.15) is 0 Å². The lowest BCUT2D eigenvalue weighted by atomic mass is 9.86. The summed E-state index contributed by atoms with van der Waals surface area (Å²) < 4.78 is 0. The Morgan fingerprint density at radius 2 is 2.47 bits per heavy atom. The number of carbonyl (C=O) groups excluding carboxylic acids is 1. The van der Waals surface area contributed by atoms with Crippen molar-refractivity contribution in [3.05, 3.63) is 21.9 Å². The third-order valence-corrected chi connectivity index (χ3v) is 5.03. The van der Waals surface area contributed by atoms with Gasteiger partial charge in [-0.25, -0.2) is 0 Å². The first-order valence-corrected chi connectivity index (χ1v) is 7.45. The summed E-state index contributed by atoms with van der Waals surface area (Å²) in [4.78, 5) is 15.6. The highest BCUT2D eigenvalue weighted by Gasteiger charge is 2.30. The molecule has 0 fully saturated rings. The van der Waals surface area contributed by atoms with Crippen LogP contribution in [0.1, 0.15) is 36.1 Å². The van der Waals surface area contributed by atoms with Gasteiger partial charge in [0, 0.05) is 23.8 Å². The molecule has 1 aromatic rings. The van der Waals surface area contributed by atoms with Gasteiger partial charge < -0.3 is 4.90 Å². The number of rotatable bonds is 3. The van der Waals surface area contributed by atoms with E-state index in [-0.39, 0.29) is 17.9 Å². The summed E-state index contributed by atoms with van der Waals surface area (Å²) in [5.41, 5.74) is 1.25. The van der Waals surface area contributed by atoms with Gasteiger partial charge in [-0.3, -0.25) is 4.79 Å². The van der Waals surface area contributed by atoms with Crippen molar-refractivity contribution in [2.45, 2.75) is 38.1 Å². The number of aryl methyl sites for hydroxylation is 1. The van der Waals surface area contributed by atoms with Gasteiger partial charge in [0.15, 0.2) is 0 Å². The molecule has 94 valence electrons. The monoisotopic (exact) mass is 271 g/mol. The summed E-state index contributed by atoms with van der Waals surface area (Å²) in [6, 6.07) is 2.22. The molecule has 1 heterocycles. The number of thiophene rings is 1. The van der Waals surface area contributed by atoms with Crippen LogP contribution in [-0.4, -0.2) is 29.8 Å². The summed E-state index contributed by atoms with van der Waals surface area (Å²) in [7, 11) is 1.86. The van der Waals surface area contributed by atoms with E-state index in [1.807, 2.05) is 14.0 Å². The molecule has 1 amide bonds. The van der Waals surface area contributed by atoms with Gasteiger partial charge in [0.1, 0.15) is 0 Å². The van der Waals surface area contributed by atoms with E-state index in [2.05, 4.69) is 11.4 Å². The van der Waals surface area contributed by atoms with Crippen LogP contribution in [0.4, 0.5) is 0 Å². The SMILES string of the molecule is CC(CCl)N(C)C(=O)C1CCCc2sccc21. The second-order valence-electron chi connectivity index (χ2n) is 4.70. The molecule has 0 bridgehead atoms. The largest absolute Gasteiger partial charge is 0.341 e. The first kappa shape index (κ1) is 12.9. The van der Waals surface area contributed by atoms with E-state index >= 15 is 0 Å². The van der Waals surface area contributed by atoms with Gasteiger partial charge in [-0.05, 0) is 43.2 Å². The smallest absolute Gasteiger partial charge is 0.230 e. The molecule has 0 saturated heterocycles. The van der Waals surface area contributed by atoms with Crippen LogP contribution in [0.3, 0.4) is 0 Å². The number of halogens is 1. The van der Waals surface area contributed by atoms with Gasteiger partial charge >= 0.3 is 0 Å². The number of hydrogen-bond acceptors (Lipinski definition) is 2. The number of fused-ring (bicyclic) bond motifs is 1. The summed E-state index contributed by atoms with van der Waals surface area (Å²) in [6.07, 6.45) is 3.22. The molecule has 2 atom stereocenters. The summed E-state index contributed by atoms with van der Waals surface area (Å²) >= 11 is 7.59. The Kier molecular flexibility index (Phi) is 4.10. The van der Waals surface area contributed by atoms with E-state index < -0.39 is 0 Å². The normalized spacial score (nSPS) is 20.8. The first-order chi connectivity index (χ1) is 8.15. The van der Waals surface area contributed by atoms with Crippen molar-refractivity contribution in [2.24, 2.45) is 0 Å². The zero-order valence-electron chi connectivity index (χ0n) is 10.3. The molecule has 1 aliphatic rings. The van der Waals surface area contributed by atoms with Crippen LogP contribution in [0.15, 0.2) is 11.4 Å². The lowest BCUT2D eigenvalue weighted by Gasteiger charge is -2.30. The second-order valence-corrected chi connectivity index (χ2v) is 6.01. The predicted octanol–water partition coefficient (Wildman–Crippen LogP) is 3.25. The Morgan fingerprint density at radius 1 is 1.71 bits per heavy atom. The van der Waals surface area contributed by atoms with Gasteiger partial charge in [-0.15, -0.1) is 22.9 Å². The average Bonchev–Trinajstić information content (AvgIpc) is 2.83. The van der Waals surface area contributed by atoms with E-state index in [0.717, 1.165) is 19.3 Å². The zero-order valence-corrected chi connectivity index (χ0v) is 11.9. The molecule has 2 nitrogen and oxygen atoms in total. The first-order valence-electron chi connectivity index (χ1n) is 6.04. The molecule has 2 unspecified atom stereocenters. The van der Waals surface area contributed by atoms with Crippen molar-refractivity contribution < 1.29 is 4.79 Å². The Bertz CT molecular complexity index is 404. The molecular weight excluding hydrogens is 254 g/mol. The molecule has 0 aliphatic heterocycles. The number of hydrogen-bond donors (Lipinski definition) is 0. The van der Waals surface area contributed by atoms with Crippen LogP contribution in [-0.2, 0) is 11.2 Å². The number of nitrogens with zero attached hydrogens (tertiary/aromatic N) is 1. The fourth-order valence-corrected chi connectivity index (χ4v) is 3.50. The molecule has 0 spiro atoms. The molecule has 0 saturated carbocycles. The third kappa shape index (κ3) is 2.50. The summed E-state index contributed by atoms with van der Waals surface area (Å²) in [5, 5.41) is 2.10. The van der Waals surface area contributed by atoms with Crippen LogP contribution in [0.25, 0.3) is 0 Å². The topological polar surface area (TPSA) is 20.3 Å². The molecule has 1 aliphatic carbocycles. The highest BCUT2D eigenvalue weighted by Crippen LogP contribution is 2.36. The molecule has 2 rings (SSSR count). The lowest BCUT2D eigenvalue weighted by molar-refractivity contribution is -0.133. The Labute approximate surface area is 112 Å². The second kappa shape index (κ2) is 5.40. The number of carbonyl (C=O) groups is 1. The minimum absolute atomic E-state index is 0.0562. The Balaban J connectivity index is 2.17. The highest BCUT2D eigenvalue weighted by atomic mass is 35.5. The maximum atomic E-state index is 12.4. The molecule has 1 aromatic heterocycles. The average molecular weight is 272 g/mol. The fourth-order valence-electron chi connectivity index (χ4n) is 2.31. The maximum Gasteiger partial charge on any atom is 0.230 e. The minimum atomic E-state index is 0.0562. The van der Waals surface area contributed by atoms with E-state index in [1.165, 1.54) is 10.4 Å². The van der Waals surface area contributed by atoms with E-state index in [9.17, 15) is 4.79 Å². The van der Waals surface area contributed by atoms with Crippen LogP contribution in [0, 0.1) is 0 Å². The van der Waals surface area contributed by atoms with Gasteiger partial charge in [0.05, 0.1) is 5.92 Å². The third-order valence-electron chi connectivity index (χ3n) is 3.58. The fraction of sp³-hybridized carbons (Fsp3) is 0.615. The predicted molar refractivity (Wildman–Crippen MR) is 73.0 cm³/mol. The Morgan fingerprint density at radius 3 is 3.18 bits per heavy atom. The Hall–Kier alpha value is -0.540. The summed E-state index contributed by atoms with van der Waals surface area (Å²) in [6.45, 7) is 1.99. The lowest BCUT2D eigenvalue weighted by Crippen LogP contribution is -2.40. The van der Waals surface area contributed by atoms with E-state index in [4.69, 9.17) is 11.6 Å². The maximum absolute atomic E-state index is 12.4. The van der Waals surface area contributed by atoms with Gasteiger partial charge in [-0.1, -0.05) is 0 Å².